The summed E-state index contributed by atoms with van der Waals surface area (Å²) in [5.74, 6) is -0.904. The average molecular weight is 450 g/mol. The molecule has 0 radical (unpaired) electrons. The Hall–Kier alpha value is -3.10. The number of fused-ring (bicyclic) bond motifs is 1. The molecule has 0 amide bonds. The van der Waals surface area contributed by atoms with Crippen LogP contribution in [0.3, 0.4) is 0 Å². The minimum atomic E-state index is -0.683. The number of carbonyl (C=O) groups is 1. The van der Waals surface area contributed by atoms with Crippen LogP contribution in [0.15, 0.2) is 30.7 Å². The van der Waals surface area contributed by atoms with Crippen molar-refractivity contribution < 1.29 is 14.6 Å². The smallest absolute Gasteiger partial charge is 0.306 e. The first-order valence-corrected chi connectivity index (χ1v) is 11.4. The first kappa shape index (κ1) is 23.1. The lowest BCUT2D eigenvalue weighted by atomic mass is 9.95. The highest BCUT2D eigenvalue weighted by atomic mass is 16.5. The fraction of sp³-hybridized carbons (Fsp3) is 0.440. The molecular weight excluding hydrogens is 418 g/mol. The minimum absolute atomic E-state index is 0.222. The third-order valence-electron chi connectivity index (χ3n) is 6.23. The van der Waals surface area contributed by atoms with Gasteiger partial charge in [0, 0.05) is 54.7 Å². The lowest BCUT2D eigenvalue weighted by Gasteiger charge is -2.28. The summed E-state index contributed by atoms with van der Waals surface area (Å²) < 4.78 is 7.41. The van der Waals surface area contributed by atoms with Gasteiger partial charge in [0.2, 0.25) is 0 Å². The maximum atomic E-state index is 11.2. The molecule has 33 heavy (non-hydrogen) atoms. The molecule has 4 heterocycles. The van der Waals surface area contributed by atoms with Crippen molar-refractivity contribution in [3.05, 3.63) is 47.6 Å². The Labute approximate surface area is 193 Å². The molecule has 8 nitrogen and oxygen atoms in total. The van der Waals surface area contributed by atoms with E-state index < -0.39 is 5.97 Å². The van der Waals surface area contributed by atoms with E-state index in [2.05, 4.69) is 40.1 Å². The van der Waals surface area contributed by atoms with Gasteiger partial charge in [0.25, 0.3) is 0 Å². The number of aliphatic carboxylic acids is 1. The van der Waals surface area contributed by atoms with E-state index in [0.717, 1.165) is 65.2 Å². The number of carboxylic acid groups (broad SMARTS) is 1. The van der Waals surface area contributed by atoms with Gasteiger partial charge in [-0.3, -0.25) is 14.7 Å². The van der Waals surface area contributed by atoms with E-state index in [0.29, 0.717) is 19.4 Å². The number of nitrogens with zero attached hydrogens (tertiary/aromatic N) is 5. The van der Waals surface area contributed by atoms with Gasteiger partial charge in [-0.15, -0.1) is 0 Å². The SMILES string of the molecule is CCn1ncc2c(-c3cncc(C)c3)c(/C=C/CN3CCC(C(=O)O)CC3)c(COC)nc21. The van der Waals surface area contributed by atoms with Gasteiger partial charge < -0.3 is 9.84 Å². The number of hydrogen-bond donors (Lipinski definition) is 1. The van der Waals surface area contributed by atoms with Crippen molar-refractivity contribution in [1.29, 1.82) is 0 Å². The van der Waals surface area contributed by atoms with Crippen LogP contribution in [0, 0.1) is 12.8 Å². The van der Waals surface area contributed by atoms with Gasteiger partial charge in [-0.25, -0.2) is 9.67 Å². The highest BCUT2D eigenvalue weighted by Gasteiger charge is 2.24. The monoisotopic (exact) mass is 449 g/mol. The van der Waals surface area contributed by atoms with Crippen LogP contribution in [0.2, 0.25) is 0 Å². The molecular formula is C25H31N5O3. The van der Waals surface area contributed by atoms with E-state index in [1.807, 2.05) is 30.2 Å². The minimum Gasteiger partial charge on any atom is -0.481 e. The number of aryl methyl sites for hydroxylation is 2. The first-order valence-electron chi connectivity index (χ1n) is 11.4. The molecule has 0 unspecified atom stereocenters. The van der Waals surface area contributed by atoms with Gasteiger partial charge in [-0.1, -0.05) is 12.2 Å². The average Bonchev–Trinajstić information content (AvgIpc) is 3.22. The molecule has 1 fully saturated rings. The predicted molar refractivity (Wildman–Crippen MR) is 128 cm³/mol. The summed E-state index contributed by atoms with van der Waals surface area (Å²) in [6.07, 6.45) is 11.3. The molecule has 0 aliphatic carbocycles. The van der Waals surface area contributed by atoms with Gasteiger partial charge >= 0.3 is 5.97 Å². The normalized spacial score (nSPS) is 15.6. The number of rotatable bonds is 8. The molecule has 0 atom stereocenters. The molecule has 1 N–H and O–H groups in total. The fourth-order valence-electron chi connectivity index (χ4n) is 4.49. The van der Waals surface area contributed by atoms with E-state index in [4.69, 9.17) is 9.72 Å². The maximum Gasteiger partial charge on any atom is 0.306 e. The lowest BCUT2D eigenvalue weighted by molar-refractivity contribution is -0.143. The van der Waals surface area contributed by atoms with Crippen molar-refractivity contribution in [2.24, 2.45) is 5.92 Å². The Bertz CT molecular complexity index is 1160. The molecule has 1 aliphatic rings. The summed E-state index contributed by atoms with van der Waals surface area (Å²) >= 11 is 0. The third-order valence-corrected chi connectivity index (χ3v) is 6.23. The summed E-state index contributed by atoms with van der Waals surface area (Å²) in [5, 5.41) is 14.8. The summed E-state index contributed by atoms with van der Waals surface area (Å²) in [7, 11) is 1.68. The quantitative estimate of drug-likeness (QED) is 0.559. The molecule has 8 heteroatoms. The third kappa shape index (κ3) is 4.96. The molecule has 1 saturated heterocycles. The van der Waals surface area contributed by atoms with Crippen LogP contribution < -0.4 is 0 Å². The molecule has 0 saturated carbocycles. The van der Waals surface area contributed by atoms with Crippen molar-refractivity contribution in [3.8, 4) is 11.1 Å². The highest BCUT2D eigenvalue weighted by molar-refractivity contribution is 5.97. The van der Waals surface area contributed by atoms with Crippen molar-refractivity contribution in [2.45, 2.75) is 39.8 Å². The number of pyridine rings is 2. The standard InChI is InChI=1S/C25H31N5O3/c1-4-30-24-21(15-27-30)23(19-12-17(2)13-26-14-19)20(22(28-24)16-33-3)6-5-9-29-10-7-18(8-11-29)25(31)32/h5-6,12-15,18H,4,7-11,16H2,1-3H3,(H,31,32)/b6-5+. The number of likely N-dealkylation sites (tertiary alicyclic amines) is 1. The van der Waals surface area contributed by atoms with Crippen LogP contribution in [0.4, 0.5) is 0 Å². The molecule has 0 aromatic carbocycles. The zero-order chi connectivity index (χ0) is 23.4. The van der Waals surface area contributed by atoms with Gasteiger partial charge in [0.05, 0.1) is 24.4 Å². The summed E-state index contributed by atoms with van der Waals surface area (Å²) in [5.41, 5.74) is 5.88. The highest BCUT2D eigenvalue weighted by Crippen LogP contribution is 2.34. The fourth-order valence-corrected chi connectivity index (χ4v) is 4.49. The Balaban J connectivity index is 1.73. The van der Waals surface area contributed by atoms with Crippen molar-refractivity contribution >= 4 is 23.1 Å². The molecule has 0 spiro atoms. The molecule has 0 bridgehead atoms. The van der Waals surface area contributed by atoms with Gasteiger partial charge in [0.1, 0.15) is 0 Å². The van der Waals surface area contributed by atoms with Gasteiger partial charge in [-0.2, -0.15) is 5.10 Å². The molecule has 1 aliphatic heterocycles. The number of ether oxygens (including phenoxy) is 1. The van der Waals surface area contributed by atoms with Crippen LogP contribution >= 0.6 is 0 Å². The predicted octanol–water partition coefficient (Wildman–Crippen LogP) is 3.78. The summed E-state index contributed by atoms with van der Waals surface area (Å²) in [6.45, 7) is 7.56. The molecule has 3 aromatic rings. The second kappa shape index (κ2) is 10.2. The number of aromatic nitrogens is 4. The van der Waals surface area contributed by atoms with Gasteiger partial charge in [-0.05, 0) is 51.4 Å². The Morgan fingerprint density at radius 2 is 2.06 bits per heavy atom. The molecule has 174 valence electrons. The number of carboxylic acids is 1. The van der Waals surface area contributed by atoms with E-state index in [1.54, 1.807) is 7.11 Å². The van der Waals surface area contributed by atoms with Crippen LogP contribution in [0.25, 0.3) is 28.2 Å². The van der Waals surface area contributed by atoms with E-state index in [1.165, 1.54) is 0 Å². The number of hydrogen-bond acceptors (Lipinski definition) is 6. The van der Waals surface area contributed by atoms with E-state index in [-0.39, 0.29) is 5.92 Å². The van der Waals surface area contributed by atoms with Crippen molar-refractivity contribution in [3.63, 3.8) is 0 Å². The zero-order valence-corrected chi connectivity index (χ0v) is 19.5. The molecule has 3 aromatic heterocycles. The Morgan fingerprint density at radius 1 is 1.27 bits per heavy atom. The Kier molecular flexibility index (Phi) is 7.15. The van der Waals surface area contributed by atoms with Gasteiger partial charge in [0.15, 0.2) is 5.65 Å². The first-order chi connectivity index (χ1) is 16.0. The number of methoxy groups -OCH3 is 1. The maximum absolute atomic E-state index is 11.2. The van der Waals surface area contributed by atoms with Crippen LogP contribution in [-0.2, 0) is 22.7 Å². The van der Waals surface area contributed by atoms with Crippen LogP contribution in [0.1, 0.15) is 36.6 Å². The van der Waals surface area contributed by atoms with E-state index in [9.17, 15) is 9.90 Å². The Morgan fingerprint density at radius 3 is 2.73 bits per heavy atom. The van der Waals surface area contributed by atoms with Crippen molar-refractivity contribution in [2.75, 3.05) is 26.7 Å². The van der Waals surface area contributed by atoms with E-state index >= 15 is 0 Å². The topological polar surface area (TPSA) is 93.4 Å². The van der Waals surface area contributed by atoms with Crippen molar-refractivity contribution in [1.82, 2.24) is 24.6 Å². The number of piperidine rings is 1. The summed E-state index contributed by atoms with van der Waals surface area (Å²) in [6, 6.07) is 2.13. The zero-order valence-electron chi connectivity index (χ0n) is 19.5. The second-order valence-corrected chi connectivity index (χ2v) is 8.54. The largest absolute Gasteiger partial charge is 0.481 e. The summed E-state index contributed by atoms with van der Waals surface area (Å²) in [4.78, 5) is 22.9. The lowest BCUT2D eigenvalue weighted by Crippen LogP contribution is -2.36. The second-order valence-electron chi connectivity index (χ2n) is 8.54. The molecule has 4 rings (SSSR count). The van der Waals surface area contributed by atoms with Crippen LogP contribution in [-0.4, -0.2) is 62.5 Å². The van der Waals surface area contributed by atoms with Crippen LogP contribution in [0.5, 0.6) is 0 Å².